The van der Waals surface area contributed by atoms with Crippen LogP contribution in [-0.2, 0) is 6.61 Å². The van der Waals surface area contributed by atoms with Crippen LogP contribution in [0.5, 0.6) is 5.75 Å². The van der Waals surface area contributed by atoms with Crippen LogP contribution in [0.15, 0.2) is 28.8 Å². The number of hydrogen-bond donors (Lipinski definition) is 1. The lowest BCUT2D eigenvalue weighted by Gasteiger charge is -2.08. The van der Waals surface area contributed by atoms with Crippen LogP contribution in [0.1, 0.15) is 47.1 Å². The van der Waals surface area contributed by atoms with Gasteiger partial charge in [-0.15, -0.1) is 0 Å². The number of aromatic nitrogens is 1. The van der Waals surface area contributed by atoms with Crippen molar-refractivity contribution in [2.45, 2.75) is 40.2 Å². The molecule has 1 heterocycles. The predicted molar refractivity (Wildman–Crippen MR) is 84.0 cm³/mol. The molecule has 0 saturated carbocycles. The standard InChI is InChI=1S/C17H22N2O3/c1-4-5-9-18-17(20)14-7-6-8-15(10-14)21-11-16-12(2)19-22-13(16)3/h6-8,10H,4-5,9,11H2,1-3H3,(H,18,20). The highest BCUT2D eigenvalue weighted by molar-refractivity contribution is 5.94. The monoisotopic (exact) mass is 302 g/mol. The topological polar surface area (TPSA) is 64.4 Å². The SMILES string of the molecule is CCCCNC(=O)c1cccc(OCc2c(C)noc2C)c1. The number of rotatable bonds is 7. The second-order valence-corrected chi connectivity index (χ2v) is 5.23. The fraction of sp³-hybridized carbons (Fsp3) is 0.412. The highest BCUT2D eigenvalue weighted by Crippen LogP contribution is 2.18. The molecule has 0 unspecified atom stereocenters. The average molecular weight is 302 g/mol. The van der Waals surface area contributed by atoms with E-state index in [-0.39, 0.29) is 5.91 Å². The molecule has 5 nitrogen and oxygen atoms in total. The molecule has 118 valence electrons. The Morgan fingerprint density at radius 2 is 2.18 bits per heavy atom. The third kappa shape index (κ3) is 4.10. The Morgan fingerprint density at radius 3 is 2.86 bits per heavy atom. The van der Waals surface area contributed by atoms with Gasteiger partial charge in [0.15, 0.2) is 0 Å². The first-order valence-corrected chi connectivity index (χ1v) is 7.54. The van der Waals surface area contributed by atoms with Crippen LogP contribution in [0.4, 0.5) is 0 Å². The van der Waals surface area contributed by atoms with Gasteiger partial charge in [0, 0.05) is 12.1 Å². The third-order valence-electron chi connectivity index (χ3n) is 3.48. The minimum Gasteiger partial charge on any atom is -0.489 e. The van der Waals surface area contributed by atoms with E-state index in [1.807, 2.05) is 26.0 Å². The summed E-state index contributed by atoms with van der Waals surface area (Å²) in [4.78, 5) is 12.0. The number of hydrogen-bond acceptors (Lipinski definition) is 4. The second-order valence-electron chi connectivity index (χ2n) is 5.23. The summed E-state index contributed by atoms with van der Waals surface area (Å²) in [6.07, 6.45) is 2.04. The van der Waals surface area contributed by atoms with Crippen LogP contribution >= 0.6 is 0 Å². The summed E-state index contributed by atoms with van der Waals surface area (Å²) in [5.74, 6) is 1.34. The molecule has 0 bridgehead atoms. The quantitative estimate of drug-likeness (QED) is 0.796. The maximum atomic E-state index is 12.0. The number of carbonyl (C=O) groups excluding carboxylic acids is 1. The molecular formula is C17H22N2O3. The van der Waals surface area contributed by atoms with Gasteiger partial charge in [-0.1, -0.05) is 24.6 Å². The van der Waals surface area contributed by atoms with Gasteiger partial charge in [-0.3, -0.25) is 4.79 Å². The predicted octanol–water partition coefficient (Wildman–Crippen LogP) is 3.40. The number of amides is 1. The van der Waals surface area contributed by atoms with Gasteiger partial charge in [0.2, 0.25) is 0 Å². The highest BCUT2D eigenvalue weighted by atomic mass is 16.5. The van der Waals surface area contributed by atoms with Gasteiger partial charge < -0.3 is 14.6 Å². The molecule has 0 radical (unpaired) electrons. The molecule has 0 saturated heterocycles. The lowest BCUT2D eigenvalue weighted by molar-refractivity contribution is 0.0952. The zero-order valence-electron chi connectivity index (χ0n) is 13.3. The summed E-state index contributed by atoms with van der Waals surface area (Å²) in [6.45, 7) is 6.90. The largest absolute Gasteiger partial charge is 0.489 e. The van der Waals surface area contributed by atoms with Gasteiger partial charge in [-0.25, -0.2) is 0 Å². The van der Waals surface area contributed by atoms with Crippen LogP contribution in [0.25, 0.3) is 0 Å². The summed E-state index contributed by atoms with van der Waals surface area (Å²) >= 11 is 0. The molecule has 1 N–H and O–H groups in total. The normalized spacial score (nSPS) is 10.5. The van der Waals surface area contributed by atoms with Gasteiger partial charge in [-0.2, -0.15) is 0 Å². The van der Waals surface area contributed by atoms with Crippen LogP contribution in [0, 0.1) is 13.8 Å². The van der Waals surface area contributed by atoms with Crippen molar-refractivity contribution in [2.75, 3.05) is 6.54 Å². The van der Waals surface area contributed by atoms with Gasteiger partial charge in [-0.05, 0) is 38.5 Å². The number of carbonyl (C=O) groups is 1. The van der Waals surface area contributed by atoms with E-state index in [4.69, 9.17) is 9.26 Å². The number of nitrogens with zero attached hydrogens (tertiary/aromatic N) is 1. The minimum atomic E-state index is -0.0729. The zero-order valence-corrected chi connectivity index (χ0v) is 13.3. The molecule has 0 aliphatic heterocycles. The fourth-order valence-electron chi connectivity index (χ4n) is 2.07. The van der Waals surface area contributed by atoms with Crippen LogP contribution in [-0.4, -0.2) is 17.6 Å². The van der Waals surface area contributed by atoms with E-state index in [1.165, 1.54) is 0 Å². The average Bonchev–Trinajstić information content (AvgIpc) is 2.84. The van der Waals surface area contributed by atoms with E-state index in [2.05, 4.69) is 17.4 Å². The van der Waals surface area contributed by atoms with Gasteiger partial charge in [0.1, 0.15) is 18.1 Å². The van der Waals surface area contributed by atoms with Crippen molar-refractivity contribution in [1.82, 2.24) is 10.5 Å². The summed E-state index contributed by atoms with van der Waals surface area (Å²) in [5, 5.41) is 6.79. The first kappa shape index (κ1) is 16.1. The molecule has 2 aromatic rings. The smallest absolute Gasteiger partial charge is 0.251 e. The molecule has 2 rings (SSSR count). The molecule has 22 heavy (non-hydrogen) atoms. The Kier molecular flexibility index (Phi) is 5.58. The maximum absolute atomic E-state index is 12.0. The minimum absolute atomic E-state index is 0.0729. The highest BCUT2D eigenvalue weighted by Gasteiger charge is 2.10. The molecule has 0 fully saturated rings. The van der Waals surface area contributed by atoms with E-state index in [0.717, 1.165) is 29.9 Å². The van der Waals surface area contributed by atoms with Crippen LogP contribution in [0.3, 0.4) is 0 Å². The van der Waals surface area contributed by atoms with E-state index in [9.17, 15) is 4.79 Å². The Hall–Kier alpha value is -2.30. The summed E-state index contributed by atoms with van der Waals surface area (Å²) in [5.41, 5.74) is 2.37. The molecule has 0 spiro atoms. The molecule has 0 atom stereocenters. The molecule has 1 aromatic heterocycles. The summed E-state index contributed by atoms with van der Waals surface area (Å²) in [7, 11) is 0. The Balaban J connectivity index is 1.98. The van der Waals surface area contributed by atoms with Crippen molar-refractivity contribution in [3.63, 3.8) is 0 Å². The second kappa shape index (κ2) is 7.64. The number of ether oxygens (including phenoxy) is 1. The number of aryl methyl sites for hydroxylation is 2. The zero-order chi connectivity index (χ0) is 15.9. The first-order chi connectivity index (χ1) is 10.6. The molecule has 0 aliphatic carbocycles. The van der Waals surface area contributed by atoms with Gasteiger partial charge in [0.25, 0.3) is 5.91 Å². The number of unbranched alkanes of at least 4 members (excludes halogenated alkanes) is 1. The Labute approximate surface area is 130 Å². The van der Waals surface area contributed by atoms with Crippen molar-refractivity contribution in [3.8, 4) is 5.75 Å². The van der Waals surface area contributed by atoms with E-state index < -0.39 is 0 Å². The first-order valence-electron chi connectivity index (χ1n) is 7.54. The van der Waals surface area contributed by atoms with Crippen molar-refractivity contribution in [1.29, 1.82) is 0 Å². The maximum Gasteiger partial charge on any atom is 0.251 e. The van der Waals surface area contributed by atoms with E-state index in [1.54, 1.807) is 12.1 Å². The van der Waals surface area contributed by atoms with E-state index in [0.29, 0.717) is 24.5 Å². The van der Waals surface area contributed by atoms with Crippen molar-refractivity contribution in [3.05, 3.63) is 46.8 Å². The molecule has 0 aliphatic rings. The van der Waals surface area contributed by atoms with Gasteiger partial charge >= 0.3 is 0 Å². The summed E-state index contributed by atoms with van der Waals surface area (Å²) in [6, 6.07) is 7.18. The lowest BCUT2D eigenvalue weighted by Crippen LogP contribution is -2.24. The molecular weight excluding hydrogens is 280 g/mol. The van der Waals surface area contributed by atoms with Crippen molar-refractivity contribution < 1.29 is 14.1 Å². The molecule has 1 aromatic carbocycles. The lowest BCUT2D eigenvalue weighted by atomic mass is 10.2. The fourth-order valence-corrected chi connectivity index (χ4v) is 2.07. The van der Waals surface area contributed by atoms with Crippen molar-refractivity contribution >= 4 is 5.91 Å². The number of nitrogens with one attached hydrogen (secondary N) is 1. The third-order valence-corrected chi connectivity index (χ3v) is 3.48. The summed E-state index contributed by atoms with van der Waals surface area (Å²) < 4.78 is 10.9. The van der Waals surface area contributed by atoms with Gasteiger partial charge in [0.05, 0.1) is 11.3 Å². The van der Waals surface area contributed by atoms with Crippen molar-refractivity contribution in [2.24, 2.45) is 0 Å². The molecule has 1 amide bonds. The Morgan fingerprint density at radius 1 is 1.36 bits per heavy atom. The molecule has 5 heteroatoms. The Bertz CT molecular complexity index is 615. The van der Waals surface area contributed by atoms with Crippen LogP contribution in [0.2, 0.25) is 0 Å². The van der Waals surface area contributed by atoms with Crippen LogP contribution < -0.4 is 10.1 Å². The van der Waals surface area contributed by atoms with E-state index >= 15 is 0 Å². The number of benzene rings is 1.